The number of nitrogens with zero attached hydrogens (tertiary/aromatic N) is 1. The number of hydrogen-bond acceptors (Lipinski definition) is 3. The van der Waals surface area contributed by atoms with Crippen LogP contribution in [0, 0.1) is 11.7 Å². The molecule has 1 aliphatic rings. The van der Waals surface area contributed by atoms with E-state index in [4.69, 9.17) is 5.11 Å². The quantitative estimate of drug-likeness (QED) is 0.742. The molecule has 0 radical (unpaired) electrons. The number of rotatable bonds is 6. The molecule has 26 heavy (non-hydrogen) atoms. The topological polar surface area (TPSA) is 86.7 Å². The van der Waals surface area contributed by atoms with Crippen molar-refractivity contribution in [2.24, 2.45) is 5.92 Å². The molecule has 2 amide bonds. The Morgan fingerprint density at radius 2 is 1.88 bits per heavy atom. The lowest BCUT2D eigenvalue weighted by molar-refractivity contribution is -0.157. The largest absolute Gasteiger partial charge is 0.481 e. The van der Waals surface area contributed by atoms with Crippen LogP contribution in [-0.4, -0.2) is 47.1 Å². The first kappa shape index (κ1) is 19.7. The second-order valence-corrected chi connectivity index (χ2v) is 6.00. The monoisotopic (exact) mass is 376 g/mol. The van der Waals surface area contributed by atoms with Gasteiger partial charge in [-0.1, -0.05) is 12.1 Å². The molecule has 1 aromatic carbocycles. The predicted octanol–water partition coefficient (Wildman–Crippen LogP) is 1.87. The second-order valence-electron chi connectivity index (χ2n) is 6.00. The molecule has 2 unspecified atom stereocenters. The molecular weight excluding hydrogens is 360 g/mol. The van der Waals surface area contributed by atoms with E-state index in [1.807, 2.05) is 0 Å². The second kappa shape index (κ2) is 7.71. The van der Waals surface area contributed by atoms with Gasteiger partial charge in [0.2, 0.25) is 11.8 Å². The molecule has 142 valence electrons. The molecule has 0 saturated carbocycles. The Bertz CT molecular complexity index is 690. The van der Waals surface area contributed by atoms with E-state index in [9.17, 15) is 31.9 Å². The van der Waals surface area contributed by atoms with Gasteiger partial charge in [0.1, 0.15) is 12.4 Å². The maximum Gasteiger partial charge on any atom is 0.406 e. The zero-order chi connectivity index (χ0) is 19.5. The summed E-state index contributed by atoms with van der Waals surface area (Å²) in [5, 5.41) is 11.4. The fraction of sp³-hybridized carbons (Fsp3) is 0.438. The van der Waals surface area contributed by atoms with Crippen LogP contribution in [0.25, 0.3) is 0 Å². The molecule has 0 aromatic heterocycles. The van der Waals surface area contributed by atoms with Crippen LogP contribution in [0.2, 0.25) is 0 Å². The average molecular weight is 376 g/mol. The third-order valence-corrected chi connectivity index (χ3v) is 3.92. The number of carboxylic acids is 1. The van der Waals surface area contributed by atoms with Gasteiger partial charge in [0.25, 0.3) is 0 Å². The van der Waals surface area contributed by atoms with E-state index in [1.54, 1.807) is 0 Å². The number of nitrogens with one attached hydrogen (secondary N) is 1. The van der Waals surface area contributed by atoms with Gasteiger partial charge in [0.15, 0.2) is 0 Å². The van der Waals surface area contributed by atoms with Crippen molar-refractivity contribution in [3.05, 3.63) is 35.6 Å². The maximum absolute atomic E-state index is 13.0. The van der Waals surface area contributed by atoms with E-state index >= 15 is 0 Å². The third-order valence-electron chi connectivity index (χ3n) is 3.92. The van der Waals surface area contributed by atoms with Gasteiger partial charge >= 0.3 is 12.1 Å². The molecule has 6 nitrogen and oxygen atoms in total. The molecule has 1 heterocycles. The summed E-state index contributed by atoms with van der Waals surface area (Å²) in [4.78, 5) is 35.5. The molecule has 2 rings (SSSR count). The van der Waals surface area contributed by atoms with E-state index in [0.717, 1.165) is 12.1 Å². The summed E-state index contributed by atoms with van der Waals surface area (Å²) in [6.45, 7) is -1.83. The number of amides is 2. The number of aliphatic carboxylic acids is 1. The van der Waals surface area contributed by atoms with E-state index in [0.29, 0.717) is 10.5 Å². The Kier molecular flexibility index (Phi) is 5.83. The van der Waals surface area contributed by atoms with Crippen LogP contribution in [0.4, 0.5) is 17.6 Å². The van der Waals surface area contributed by atoms with Crippen LogP contribution in [0.3, 0.4) is 0 Å². The Labute approximate surface area is 145 Å². The minimum Gasteiger partial charge on any atom is -0.481 e. The van der Waals surface area contributed by atoms with Crippen molar-refractivity contribution in [2.75, 3.05) is 13.1 Å². The van der Waals surface area contributed by atoms with Gasteiger partial charge in [-0.2, -0.15) is 13.2 Å². The zero-order valence-corrected chi connectivity index (χ0v) is 13.4. The van der Waals surface area contributed by atoms with Crippen molar-refractivity contribution in [1.29, 1.82) is 0 Å². The first-order valence-corrected chi connectivity index (χ1v) is 7.67. The Morgan fingerprint density at radius 3 is 2.42 bits per heavy atom. The van der Waals surface area contributed by atoms with Gasteiger partial charge in [0, 0.05) is 13.0 Å². The van der Waals surface area contributed by atoms with Crippen LogP contribution in [-0.2, 0) is 14.4 Å². The summed E-state index contributed by atoms with van der Waals surface area (Å²) in [7, 11) is 0. The minimum atomic E-state index is -4.57. The van der Waals surface area contributed by atoms with Gasteiger partial charge in [-0.15, -0.1) is 0 Å². The molecular formula is C16H16F4N2O4. The number of carboxylic acid groups (broad SMARTS) is 1. The zero-order valence-electron chi connectivity index (χ0n) is 13.4. The van der Waals surface area contributed by atoms with E-state index < -0.39 is 61.2 Å². The molecule has 0 aliphatic carbocycles. The van der Waals surface area contributed by atoms with Crippen molar-refractivity contribution >= 4 is 17.8 Å². The molecule has 1 aromatic rings. The summed E-state index contributed by atoms with van der Waals surface area (Å²) in [6, 6.07) is 3.81. The highest BCUT2D eigenvalue weighted by Gasteiger charge is 2.41. The van der Waals surface area contributed by atoms with Crippen LogP contribution in [0.15, 0.2) is 24.3 Å². The fourth-order valence-electron chi connectivity index (χ4n) is 2.73. The van der Waals surface area contributed by atoms with E-state index in [2.05, 4.69) is 5.32 Å². The smallest absolute Gasteiger partial charge is 0.406 e. The highest BCUT2D eigenvalue weighted by Crippen LogP contribution is 2.25. The predicted molar refractivity (Wildman–Crippen MR) is 80.3 cm³/mol. The molecule has 1 aliphatic heterocycles. The molecule has 1 saturated heterocycles. The molecule has 1 fully saturated rings. The Morgan fingerprint density at radius 1 is 1.27 bits per heavy atom. The van der Waals surface area contributed by atoms with Crippen molar-refractivity contribution in [3.63, 3.8) is 0 Å². The normalized spacial score (nSPS) is 18.7. The van der Waals surface area contributed by atoms with Crippen molar-refractivity contribution in [3.8, 4) is 0 Å². The summed E-state index contributed by atoms with van der Waals surface area (Å²) >= 11 is 0. The fourth-order valence-corrected chi connectivity index (χ4v) is 2.73. The third kappa shape index (κ3) is 5.43. The van der Waals surface area contributed by atoms with Crippen molar-refractivity contribution in [1.82, 2.24) is 10.2 Å². The summed E-state index contributed by atoms with van der Waals surface area (Å²) in [5.74, 6) is -4.29. The number of benzene rings is 1. The minimum absolute atomic E-state index is 0.332. The van der Waals surface area contributed by atoms with Crippen molar-refractivity contribution < 1.29 is 37.1 Å². The standard InChI is InChI=1S/C16H16F4N2O4/c17-11-3-1-9(2-4-11)12(6-14(24)25)21-15(26)10-5-13(23)22(7-10)8-16(18,19)20/h1-4,10,12H,5-8H2,(H,21,26)(H,24,25). The van der Waals surface area contributed by atoms with Crippen molar-refractivity contribution in [2.45, 2.75) is 25.1 Å². The molecule has 10 heteroatoms. The number of alkyl halides is 3. The highest BCUT2D eigenvalue weighted by molar-refractivity contribution is 5.89. The molecule has 0 spiro atoms. The van der Waals surface area contributed by atoms with Crippen LogP contribution < -0.4 is 5.32 Å². The number of hydrogen-bond donors (Lipinski definition) is 2. The average Bonchev–Trinajstić information content (AvgIpc) is 2.86. The lowest BCUT2D eigenvalue weighted by Gasteiger charge is -2.21. The van der Waals surface area contributed by atoms with E-state index in [-0.39, 0.29) is 6.42 Å². The molecule has 2 atom stereocenters. The van der Waals surface area contributed by atoms with Crippen LogP contribution in [0.5, 0.6) is 0 Å². The number of likely N-dealkylation sites (tertiary alicyclic amines) is 1. The Balaban J connectivity index is 2.06. The van der Waals surface area contributed by atoms with Gasteiger partial charge in [-0.3, -0.25) is 14.4 Å². The number of carbonyl (C=O) groups excluding carboxylic acids is 2. The summed E-state index contributed by atoms with van der Waals surface area (Å²) in [5.41, 5.74) is 0.332. The van der Waals surface area contributed by atoms with Crippen LogP contribution in [0.1, 0.15) is 24.4 Å². The number of carbonyl (C=O) groups is 3. The van der Waals surface area contributed by atoms with E-state index in [1.165, 1.54) is 12.1 Å². The first-order chi connectivity index (χ1) is 12.0. The van der Waals surface area contributed by atoms with Gasteiger partial charge in [-0.25, -0.2) is 4.39 Å². The SMILES string of the molecule is O=C(O)CC(NC(=O)C1CC(=O)N(CC(F)(F)F)C1)c1ccc(F)cc1. The highest BCUT2D eigenvalue weighted by atomic mass is 19.4. The molecule has 0 bridgehead atoms. The van der Waals surface area contributed by atoms with Gasteiger partial charge in [-0.05, 0) is 17.7 Å². The van der Waals surface area contributed by atoms with Crippen LogP contribution >= 0.6 is 0 Å². The summed E-state index contributed by atoms with van der Waals surface area (Å²) < 4.78 is 50.3. The molecule has 2 N–H and O–H groups in total. The van der Waals surface area contributed by atoms with Gasteiger partial charge in [0.05, 0.1) is 18.4 Å². The maximum atomic E-state index is 13.0. The lowest BCUT2D eigenvalue weighted by atomic mass is 10.0. The first-order valence-electron chi connectivity index (χ1n) is 7.67. The summed E-state index contributed by atoms with van der Waals surface area (Å²) in [6.07, 6.45) is -5.45. The number of halogens is 4. The lowest BCUT2D eigenvalue weighted by Crippen LogP contribution is -2.38. The Hall–Kier alpha value is -2.65. The van der Waals surface area contributed by atoms with Gasteiger partial charge < -0.3 is 15.3 Å².